The van der Waals surface area contributed by atoms with Gasteiger partial charge in [0.05, 0.1) is 12.4 Å². The normalized spacial score (nSPS) is 52.1. The molecule has 5 aliphatic carbocycles. The maximum absolute atomic E-state index is 5.61. The number of rotatable bonds is 3. The van der Waals surface area contributed by atoms with Crippen molar-refractivity contribution in [2.75, 3.05) is 0 Å². The van der Waals surface area contributed by atoms with Crippen molar-refractivity contribution in [2.45, 2.75) is 70.3 Å². The summed E-state index contributed by atoms with van der Waals surface area (Å²) in [6.07, 6.45) is 17.0. The van der Waals surface area contributed by atoms with Gasteiger partial charge in [0.2, 0.25) is 0 Å². The number of hydrogen-bond acceptors (Lipinski definition) is 1. The van der Waals surface area contributed by atoms with Gasteiger partial charge >= 0.3 is 0 Å². The van der Waals surface area contributed by atoms with Crippen LogP contribution in [0, 0.1) is 29.1 Å². The van der Waals surface area contributed by atoms with E-state index in [9.17, 15) is 0 Å². The second-order valence-corrected chi connectivity index (χ2v) is 8.06. The van der Waals surface area contributed by atoms with Crippen LogP contribution in [0.5, 0.6) is 0 Å². The fraction of sp³-hybridized carbons (Fsp3) is 0.889. The first-order valence-corrected chi connectivity index (χ1v) is 8.54. The summed E-state index contributed by atoms with van der Waals surface area (Å²) in [5.41, 5.74) is 0.772. The zero-order valence-electron chi connectivity index (χ0n) is 12.2. The second kappa shape index (κ2) is 4.53. The molecule has 4 bridgehead atoms. The first kappa shape index (κ1) is 12.3. The highest BCUT2D eigenvalue weighted by Gasteiger charge is 2.54. The van der Waals surface area contributed by atoms with Gasteiger partial charge in [-0.3, -0.25) is 0 Å². The summed E-state index contributed by atoms with van der Waals surface area (Å²) in [5.74, 6) is 4.33. The van der Waals surface area contributed by atoms with Crippen LogP contribution in [-0.4, -0.2) is 6.10 Å². The summed E-state index contributed by atoms with van der Waals surface area (Å²) >= 11 is 0. The maximum atomic E-state index is 5.61. The van der Waals surface area contributed by atoms with Crippen LogP contribution >= 0.6 is 0 Å². The Morgan fingerprint density at radius 1 is 0.842 bits per heavy atom. The van der Waals surface area contributed by atoms with Gasteiger partial charge in [-0.1, -0.05) is 6.58 Å². The zero-order valence-corrected chi connectivity index (χ0v) is 12.2. The van der Waals surface area contributed by atoms with Crippen LogP contribution in [0.15, 0.2) is 12.8 Å². The standard InChI is InChI=1S/C18H28O/c1-2-19-17-5-3-16(4-6-17)18-10-13-7-14(11-18)9-15(8-13)12-18/h2,13-17H,1,3-12H2. The van der Waals surface area contributed by atoms with Crippen molar-refractivity contribution >= 4 is 0 Å². The molecule has 0 saturated heterocycles. The van der Waals surface area contributed by atoms with E-state index in [0.717, 1.165) is 29.1 Å². The Balaban J connectivity index is 1.46. The van der Waals surface area contributed by atoms with Crippen LogP contribution < -0.4 is 0 Å². The van der Waals surface area contributed by atoms with Gasteiger partial charge in [-0.15, -0.1) is 0 Å². The van der Waals surface area contributed by atoms with Crippen molar-refractivity contribution in [3.8, 4) is 0 Å². The predicted octanol–water partition coefficient (Wildman–Crippen LogP) is 4.92. The van der Waals surface area contributed by atoms with Crippen LogP contribution in [-0.2, 0) is 4.74 Å². The highest BCUT2D eigenvalue weighted by atomic mass is 16.5. The van der Waals surface area contributed by atoms with Gasteiger partial charge in [-0.05, 0) is 93.3 Å². The smallest absolute Gasteiger partial charge is 0.0978 e. The molecule has 0 amide bonds. The molecule has 0 aliphatic heterocycles. The van der Waals surface area contributed by atoms with Crippen molar-refractivity contribution < 1.29 is 4.74 Å². The Morgan fingerprint density at radius 3 is 1.84 bits per heavy atom. The molecule has 1 nitrogen and oxygen atoms in total. The molecule has 19 heavy (non-hydrogen) atoms. The van der Waals surface area contributed by atoms with Gasteiger partial charge < -0.3 is 4.74 Å². The average Bonchev–Trinajstić information content (AvgIpc) is 2.38. The lowest BCUT2D eigenvalue weighted by atomic mass is 9.45. The van der Waals surface area contributed by atoms with E-state index in [1.807, 2.05) is 0 Å². The molecule has 0 N–H and O–H groups in total. The second-order valence-electron chi connectivity index (χ2n) is 8.06. The minimum Gasteiger partial charge on any atom is -0.499 e. The summed E-state index contributed by atoms with van der Waals surface area (Å²) in [4.78, 5) is 0. The lowest BCUT2D eigenvalue weighted by molar-refractivity contribution is -0.102. The Morgan fingerprint density at radius 2 is 1.37 bits per heavy atom. The minimum atomic E-state index is 0.475. The first-order valence-electron chi connectivity index (χ1n) is 8.54. The lowest BCUT2D eigenvalue weighted by Gasteiger charge is -2.60. The average molecular weight is 260 g/mol. The monoisotopic (exact) mass is 260 g/mol. The van der Waals surface area contributed by atoms with E-state index in [2.05, 4.69) is 6.58 Å². The Bertz CT molecular complexity index is 315. The Kier molecular flexibility index (Phi) is 2.93. The van der Waals surface area contributed by atoms with Gasteiger partial charge in [-0.25, -0.2) is 0 Å². The molecule has 0 radical (unpaired) electrons. The topological polar surface area (TPSA) is 9.23 Å². The van der Waals surface area contributed by atoms with Crippen molar-refractivity contribution in [3.05, 3.63) is 12.8 Å². The Hall–Kier alpha value is -0.460. The van der Waals surface area contributed by atoms with Crippen LogP contribution in [0.4, 0.5) is 0 Å². The Labute approximate surface area is 117 Å². The van der Waals surface area contributed by atoms with E-state index in [1.54, 1.807) is 44.8 Å². The molecule has 0 aromatic rings. The maximum Gasteiger partial charge on any atom is 0.0978 e. The molecule has 0 aromatic carbocycles. The summed E-state index contributed by atoms with van der Waals surface area (Å²) in [6, 6.07) is 0. The molecule has 0 aromatic heterocycles. The summed E-state index contributed by atoms with van der Waals surface area (Å²) in [7, 11) is 0. The largest absolute Gasteiger partial charge is 0.499 e. The third kappa shape index (κ3) is 2.04. The van der Waals surface area contributed by atoms with Gasteiger partial charge in [-0.2, -0.15) is 0 Å². The van der Waals surface area contributed by atoms with E-state index < -0.39 is 0 Å². The predicted molar refractivity (Wildman–Crippen MR) is 77.6 cm³/mol. The van der Waals surface area contributed by atoms with Crippen LogP contribution in [0.25, 0.3) is 0 Å². The van der Waals surface area contributed by atoms with Crippen LogP contribution in [0.1, 0.15) is 64.2 Å². The number of ether oxygens (including phenoxy) is 1. The fourth-order valence-electron chi connectivity index (χ4n) is 6.63. The quantitative estimate of drug-likeness (QED) is 0.654. The van der Waals surface area contributed by atoms with E-state index in [4.69, 9.17) is 4.74 Å². The highest BCUT2D eigenvalue weighted by Crippen LogP contribution is 2.64. The molecule has 5 saturated carbocycles. The minimum absolute atomic E-state index is 0.475. The van der Waals surface area contributed by atoms with E-state index >= 15 is 0 Å². The summed E-state index contributed by atoms with van der Waals surface area (Å²) in [5, 5.41) is 0. The van der Waals surface area contributed by atoms with Gasteiger partial charge in [0.15, 0.2) is 0 Å². The van der Waals surface area contributed by atoms with E-state index in [1.165, 1.54) is 25.7 Å². The molecule has 0 heterocycles. The molecule has 106 valence electrons. The van der Waals surface area contributed by atoms with Crippen molar-refractivity contribution in [1.29, 1.82) is 0 Å². The van der Waals surface area contributed by atoms with Crippen molar-refractivity contribution in [2.24, 2.45) is 29.1 Å². The first-order chi connectivity index (χ1) is 9.27. The third-order valence-electron chi connectivity index (χ3n) is 6.91. The summed E-state index contributed by atoms with van der Waals surface area (Å²) in [6.45, 7) is 3.71. The zero-order chi connectivity index (χ0) is 12.9. The molecule has 5 fully saturated rings. The fourth-order valence-corrected chi connectivity index (χ4v) is 6.63. The van der Waals surface area contributed by atoms with Gasteiger partial charge in [0.25, 0.3) is 0 Å². The molecule has 0 spiro atoms. The van der Waals surface area contributed by atoms with E-state index in [0.29, 0.717) is 6.10 Å². The molecule has 5 aliphatic rings. The van der Waals surface area contributed by atoms with E-state index in [-0.39, 0.29) is 0 Å². The lowest BCUT2D eigenvalue weighted by Crippen LogP contribution is -2.50. The van der Waals surface area contributed by atoms with Crippen molar-refractivity contribution in [1.82, 2.24) is 0 Å². The molecule has 5 rings (SSSR count). The molecular weight excluding hydrogens is 232 g/mol. The summed E-state index contributed by atoms with van der Waals surface area (Å²) < 4.78 is 5.61. The highest BCUT2D eigenvalue weighted by molar-refractivity contribution is 5.04. The number of hydrogen-bond donors (Lipinski definition) is 0. The molecule has 0 atom stereocenters. The molecule has 1 heteroatoms. The van der Waals surface area contributed by atoms with Crippen LogP contribution in [0.2, 0.25) is 0 Å². The van der Waals surface area contributed by atoms with Crippen LogP contribution in [0.3, 0.4) is 0 Å². The molecule has 0 unspecified atom stereocenters. The van der Waals surface area contributed by atoms with Crippen molar-refractivity contribution in [3.63, 3.8) is 0 Å². The van der Waals surface area contributed by atoms with Gasteiger partial charge in [0, 0.05) is 0 Å². The van der Waals surface area contributed by atoms with Gasteiger partial charge in [0.1, 0.15) is 0 Å². The SMILES string of the molecule is C=COC1CCC(C23CC4CC(CC(C4)C2)C3)CC1. The third-order valence-corrected chi connectivity index (χ3v) is 6.91. The molecular formula is C18H28O.